The van der Waals surface area contributed by atoms with Crippen molar-refractivity contribution in [2.45, 2.75) is 50.7 Å². The van der Waals surface area contributed by atoms with Crippen LogP contribution in [0.2, 0.25) is 0 Å². The highest BCUT2D eigenvalue weighted by atomic mass is 19.1. The van der Waals surface area contributed by atoms with Crippen LogP contribution in [-0.2, 0) is 0 Å². The lowest BCUT2D eigenvalue weighted by atomic mass is 9.85. The Balaban J connectivity index is 1.57. The van der Waals surface area contributed by atoms with E-state index in [1.54, 1.807) is 0 Å². The number of rotatable bonds is 7. The minimum atomic E-state index is -0.724. The maximum absolute atomic E-state index is 13.0. The molecule has 4 nitrogen and oxygen atoms in total. The first-order valence-corrected chi connectivity index (χ1v) is 7.82. The van der Waals surface area contributed by atoms with E-state index >= 15 is 0 Å². The Morgan fingerprint density at radius 2 is 2.05 bits per heavy atom. The summed E-state index contributed by atoms with van der Waals surface area (Å²) in [5, 5.41) is 22.6. The molecule has 0 unspecified atom stereocenters. The number of pyridine rings is 1. The highest BCUT2D eigenvalue weighted by Crippen LogP contribution is 2.27. The second kappa shape index (κ2) is 8.41. The standard InChI is InChI=1S/C16H25FN2O2/c17-14-8-13(9-19-10-14)16(21)11-18-7-1-2-12-3-5-15(20)6-4-12/h8-10,12,15-16,18,20-21H,1-7,11H2/t12?,15?,16-/m0/s1. The largest absolute Gasteiger partial charge is 0.393 e. The van der Waals surface area contributed by atoms with Crippen molar-refractivity contribution in [2.75, 3.05) is 13.1 Å². The molecule has 1 aromatic rings. The van der Waals surface area contributed by atoms with Crippen molar-refractivity contribution in [3.05, 3.63) is 29.8 Å². The number of aliphatic hydroxyl groups excluding tert-OH is 2. The summed E-state index contributed by atoms with van der Waals surface area (Å²) in [5.74, 6) is 0.304. The first-order chi connectivity index (χ1) is 10.1. The minimum Gasteiger partial charge on any atom is -0.393 e. The average molecular weight is 296 g/mol. The molecule has 1 saturated carbocycles. The summed E-state index contributed by atoms with van der Waals surface area (Å²) in [4.78, 5) is 3.73. The normalized spacial score (nSPS) is 24.0. The van der Waals surface area contributed by atoms with E-state index in [2.05, 4.69) is 10.3 Å². The first kappa shape index (κ1) is 16.3. The fraction of sp³-hybridized carbons (Fsp3) is 0.688. The van der Waals surface area contributed by atoms with Gasteiger partial charge in [0.25, 0.3) is 0 Å². The Hall–Kier alpha value is -1.04. The molecule has 1 atom stereocenters. The Kier molecular flexibility index (Phi) is 6.54. The molecule has 0 saturated heterocycles. The summed E-state index contributed by atoms with van der Waals surface area (Å²) >= 11 is 0. The van der Waals surface area contributed by atoms with Gasteiger partial charge in [-0.05, 0) is 57.1 Å². The summed E-state index contributed by atoms with van der Waals surface area (Å²) in [5.41, 5.74) is 0.503. The lowest BCUT2D eigenvalue weighted by Gasteiger charge is -2.25. The fourth-order valence-electron chi connectivity index (χ4n) is 2.92. The van der Waals surface area contributed by atoms with Crippen molar-refractivity contribution in [1.29, 1.82) is 0 Å². The van der Waals surface area contributed by atoms with Crippen molar-refractivity contribution in [3.8, 4) is 0 Å². The lowest BCUT2D eigenvalue weighted by Crippen LogP contribution is -2.24. The van der Waals surface area contributed by atoms with Crippen LogP contribution in [0.15, 0.2) is 18.5 Å². The van der Waals surface area contributed by atoms with E-state index in [0.717, 1.165) is 57.2 Å². The third kappa shape index (κ3) is 5.69. The van der Waals surface area contributed by atoms with E-state index in [0.29, 0.717) is 12.1 Å². The maximum Gasteiger partial charge on any atom is 0.141 e. The second-order valence-corrected chi connectivity index (χ2v) is 5.97. The third-order valence-corrected chi connectivity index (χ3v) is 4.23. The quantitative estimate of drug-likeness (QED) is 0.675. The second-order valence-electron chi connectivity index (χ2n) is 5.97. The van der Waals surface area contributed by atoms with Crippen molar-refractivity contribution >= 4 is 0 Å². The molecule has 0 aliphatic heterocycles. The summed E-state index contributed by atoms with van der Waals surface area (Å²) < 4.78 is 13.0. The molecule has 1 heterocycles. The molecule has 0 bridgehead atoms. The van der Waals surface area contributed by atoms with Crippen molar-refractivity contribution in [2.24, 2.45) is 5.92 Å². The minimum absolute atomic E-state index is 0.0885. The van der Waals surface area contributed by atoms with Gasteiger partial charge in [0.1, 0.15) is 5.82 Å². The van der Waals surface area contributed by atoms with E-state index in [-0.39, 0.29) is 6.10 Å². The van der Waals surface area contributed by atoms with Crippen LogP contribution in [0.3, 0.4) is 0 Å². The molecule has 1 aliphatic rings. The molecule has 2 rings (SSSR count). The summed E-state index contributed by atoms with van der Waals surface area (Å²) in [6.45, 7) is 1.26. The molecule has 1 fully saturated rings. The molecule has 0 radical (unpaired) electrons. The number of hydrogen-bond donors (Lipinski definition) is 3. The summed E-state index contributed by atoms with van der Waals surface area (Å²) in [6.07, 6.45) is 8.15. The van der Waals surface area contributed by atoms with Crippen LogP contribution in [0.25, 0.3) is 0 Å². The number of aromatic nitrogens is 1. The smallest absolute Gasteiger partial charge is 0.141 e. The highest BCUT2D eigenvalue weighted by Gasteiger charge is 2.18. The van der Waals surface area contributed by atoms with Gasteiger partial charge < -0.3 is 15.5 Å². The lowest BCUT2D eigenvalue weighted by molar-refractivity contribution is 0.106. The van der Waals surface area contributed by atoms with Gasteiger partial charge in [-0.1, -0.05) is 0 Å². The summed E-state index contributed by atoms with van der Waals surface area (Å²) in [6, 6.07) is 1.31. The van der Waals surface area contributed by atoms with Gasteiger partial charge in [0, 0.05) is 18.3 Å². The van der Waals surface area contributed by atoms with Crippen LogP contribution in [0.4, 0.5) is 4.39 Å². The molecule has 1 aliphatic carbocycles. The van der Waals surface area contributed by atoms with Gasteiger partial charge in [-0.15, -0.1) is 0 Å². The number of halogens is 1. The van der Waals surface area contributed by atoms with Gasteiger partial charge in [-0.2, -0.15) is 0 Å². The summed E-state index contributed by atoms with van der Waals surface area (Å²) in [7, 11) is 0. The zero-order valence-electron chi connectivity index (χ0n) is 12.3. The van der Waals surface area contributed by atoms with Crippen molar-refractivity contribution in [1.82, 2.24) is 10.3 Å². The average Bonchev–Trinajstić information content (AvgIpc) is 2.48. The fourth-order valence-corrected chi connectivity index (χ4v) is 2.92. The molecule has 21 heavy (non-hydrogen) atoms. The van der Waals surface area contributed by atoms with Gasteiger partial charge in [0.2, 0.25) is 0 Å². The van der Waals surface area contributed by atoms with Gasteiger partial charge in [0.05, 0.1) is 18.4 Å². The Morgan fingerprint density at radius 1 is 1.29 bits per heavy atom. The molecule has 0 aromatic carbocycles. The van der Waals surface area contributed by atoms with Gasteiger partial charge in [0.15, 0.2) is 0 Å². The topological polar surface area (TPSA) is 65.4 Å². The molecular weight excluding hydrogens is 271 g/mol. The van der Waals surface area contributed by atoms with Gasteiger partial charge in [-0.25, -0.2) is 4.39 Å². The Bertz CT molecular complexity index is 422. The van der Waals surface area contributed by atoms with Crippen LogP contribution in [-0.4, -0.2) is 34.4 Å². The first-order valence-electron chi connectivity index (χ1n) is 7.82. The highest BCUT2D eigenvalue weighted by molar-refractivity contribution is 5.13. The van der Waals surface area contributed by atoms with Crippen LogP contribution in [0.5, 0.6) is 0 Å². The number of aliphatic hydroxyl groups is 2. The number of hydrogen-bond acceptors (Lipinski definition) is 4. The predicted molar refractivity (Wildman–Crippen MR) is 79.2 cm³/mol. The molecule has 118 valence electrons. The van der Waals surface area contributed by atoms with Crippen molar-refractivity contribution < 1.29 is 14.6 Å². The zero-order valence-corrected chi connectivity index (χ0v) is 12.3. The van der Waals surface area contributed by atoms with Crippen LogP contribution >= 0.6 is 0 Å². The molecule has 1 aromatic heterocycles. The molecule has 3 N–H and O–H groups in total. The Morgan fingerprint density at radius 3 is 2.76 bits per heavy atom. The third-order valence-electron chi connectivity index (χ3n) is 4.23. The van der Waals surface area contributed by atoms with E-state index < -0.39 is 11.9 Å². The van der Waals surface area contributed by atoms with Gasteiger partial charge in [-0.3, -0.25) is 4.98 Å². The zero-order chi connectivity index (χ0) is 15.1. The van der Waals surface area contributed by atoms with E-state index in [1.165, 1.54) is 12.3 Å². The van der Waals surface area contributed by atoms with Crippen LogP contribution in [0, 0.1) is 11.7 Å². The van der Waals surface area contributed by atoms with Crippen LogP contribution in [0.1, 0.15) is 50.2 Å². The van der Waals surface area contributed by atoms with Crippen LogP contribution < -0.4 is 5.32 Å². The maximum atomic E-state index is 13.0. The van der Waals surface area contributed by atoms with E-state index in [4.69, 9.17) is 0 Å². The SMILES string of the molecule is OC1CCC(CCCNC[C@H](O)c2cncc(F)c2)CC1. The monoisotopic (exact) mass is 296 g/mol. The molecular formula is C16H25FN2O2. The van der Waals surface area contributed by atoms with Crippen molar-refractivity contribution in [3.63, 3.8) is 0 Å². The van der Waals surface area contributed by atoms with Gasteiger partial charge >= 0.3 is 0 Å². The molecule has 5 heteroatoms. The predicted octanol–water partition coefficient (Wildman–Crippen LogP) is 2.17. The molecule has 0 spiro atoms. The number of nitrogens with one attached hydrogen (secondary N) is 1. The number of nitrogens with zero attached hydrogens (tertiary/aromatic N) is 1. The van der Waals surface area contributed by atoms with E-state index in [1.807, 2.05) is 0 Å². The Labute approximate surface area is 125 Å². The molecule has 0 amide bonds. The van der Waals surface area contributed by atoms with E-state index in [9.17, 15) is 14.6 Å².